The van der Waals surface area contributed by atoms with Gasteiger partial charge in [-0.3, -0.25) is 9.59 Å². The number of carbonyl (C=O) groups is 2. The molecule has 6 heteroatoms. The Morgan fingerprint density at radius 3 is 0.821 bits per heavy atom. The highest BCUT2D eigenvalue weighted by atomic mass is 32.1. The van der Waals surface area contributed by atoms with Gasteiger partial charge in [-0.15, -0.1) is 50.5 Å². The molecule has 1 aliphatic carbocycles. The second kappa shape index (κ2) is 6.32. The van der Waals surface area contributed by atoms with Gasteiger partial charge in [0.2, 0.25) is 0 Å². The molecule has 0 saturated heterocycles. The summed E-state index contributed by atoms with van der Waals surface area (Å²) in [7, 11) is 0. The van der Waals surface area contributed by atoms with Crippen molar-refractivity contribution in [1.29, 1.82) is 0 Å². The first-order valence-electron chi connectivity index (χ1n) is 8.42. The highest BCUT2D eigenvalue weighted by molar-refractivity contribution is 7.84. The molecule has 0 fully saturated rings. The quantitative estimate of drug-likeness (QED) is 0.227. The second-order valence-electron chi connectivity index (χ2n) is 6.83. The zero-order valence-electron chi connectivity index (χ0n) is 14.2. The summed E-state index contributed by atoms with van der Waals surface area (Å²) in [5.41, 5.74) is 1.67. The van der Waals surface area contributed by atoms with Crippen molar-refractivity contribution in [3.8, 4) is 0 Å². The van der Waals surface area contributed by atoms with E-state index in [0.29, 0.717) is 22.3 Å². The van der Waals surface area contributed by atoms with E-state index in [1.54, 1.807) is 24.3 Å². The molecule has 4 aromatic carbocycles. The van der Waals surface area contributed by atoms with Gasteiger partial charge >= 0.3 is 0 Å². The molecule has 0 spiro atoms. The topological polar surface area (TPSA) is 34.1 Å². The van der Waals surface area contributed by atoms with E-state index in [4.69, 9.17) is 0 Å². The van der Waals surface area contributed by atoms with Gasteiger partial charge in [-0.2, -0.15) is 0 Å². The van der Waals surface area contributed by atoms with Crippen LogP contribution < -0.4 is 0 Å². The van der Waals surface area contributed by atoms with Gasteiger partial charge in [0.1, 0.15) is 0 Å². The molecule has 5 rings (SSSR count). The second-order valence-corrected chi connectivity index (χ2v) is 8.76. The summed E-state index contributed by atoms with van der Waals surface area (Å²) < 4.78 is 0. The predicted octanol–water partition coefficient (Wildman–Crippen LogP) is 5.92. The van der Waals surface area contributed by atoms with Gasteiger partial charge in [-0.25, -0.2) is 0 Å². The maximum atomic E-state index is 13.2. The van der Waals surface area contributed by atoms with E-state index >= 15 is 0 Å². The van der Waals surface area contributed by atoms with Crippen LogP contribution in [0, 0.1) is 0 Å². The average molecular weight is 437 g/mol. The van der Waals surface area contributed by atoms with Crippen molar-refractivity contribution in [3.63, 3.8) is 0 Å². The van der Waals surface area contributed by atoms with Crippen molar-refractivity contribution in [2.24, 2.45) is 0 Å². The molecule has 136 valence electrons. The van der Waals surface area contributed by atoms with Crippen LogP contribution in [0.15, 0.2) is 68.1 Å². The van der Waals surface area contributed by atoms with Crippen LogP contribution in [0.5, 0.6) is 0 Å². The summed E-state index contributed by atoms with van der Waals surface area (Å²) in [6.45, 7) is 0. The van der Waals surface area contributed by atoms with Gasteiger partial charge in [-0.1, -0.05) is 0 Å². The molecule has 4 aromatic rings. The molecule has 0 heterocycles. The highest BCUT2D eigenvalue weighted by Gasteiger charge is 2.30. The average Bonchev–Trinajstić information content (AvgIpc) is 2.66. The number of hydrogen-bond donors (Lipinski definition) is 4. The van der Waals surface area contributed by atoms with E-state index in [-0.39, 0.29) is 11.6 Å². The lowest BCUT2D eigenvalue weighted by Gasteiger charge is -2.19. The largest absolute Gasteiger partial charge is 0.289 e. The number of thiol groups is 4. The molecule has 0 radical (unpaired) electrons. The van der Waals surface area contributed by atoms with Crippen molar-refractivity contribution in [1.82, 2.24) is 0 Å². The summed E-state index contributed by atoms with van der Waals surface area (Å²) in [5.74, 6) is -0.306. The van der Waals surface area contributed by atoms with Crippen LogP contribution in [0.4, 0.5) is 0 Å². The Labute approximate surface area is 183 Å². The lowest BCUT2D eigenvalue weighted by atomic mass is 9.81. The molecule has 0 unspecified atom stereocenters. The molecule has 0 amide bonds. The van der Waals surface area contributed by atoms with Crippen LogP contribution in [0.3, 0.4) is 0 Å². The van der Waals surface area contributed by atoms with Crippen molar-refractivity contribution >= 4 is 83.6 Å². The Morgan fingerprint density at radius 1 is 0.393 bits per heavy atom. The smallest absolute Gasteiger partial charge is 0.194 e. The van der Waals surface area contributed by atoms with E-state index in [1.807, 2.05) is 24.3 Å². The first-order valence-corrected chi connectivity index (χ1v) is 10.2. The van der Waals surface area contributed by atoms with E-state index in [1.165, 1.54) is 0 Å². The number of fused-ring (bicyclic) bond motifs is 4. The maximum Gasteiger partial charge on any atom is 0.194 e. The van der Waals surface area contributed by atoms with Crippen molar-refractivity contribution in [2.45, 2.75) is 19.6 Å². The molecule has 0 bridgehead atoms. The van der Waals surface area contributed by atoms with E-state index in [0.717, 1.165) is 41.1 Å². The van der Waals surface area contributed by atoms with Crippen molar-refractivity contribution < 1.29 is 9.59 Å². The third-order valence-corrected chi connectivity index (χ3v) is 6.95. The Hall–Kier alpha value is -1.86. The third-order valence-electron chi connectivity index (χ3n) is 5.12. The van der Waals surface area contributed by atoms with Crippen LogP contribution in [0.2, 0.25) is 0 Å². The van der Waals surface area contributed by atoms with Crippen molar-refractivity contribution in [2.75, 3.05) is 0 Å². The minimum Gasteiger partial charge on any atom is -0.289 e. The van der Waals surface area contributed by atoms with Crippen LogP contribution in [0.1, 0.15) is 31.8 Å². The number of rotatable bonds is 0. The van der Waals surface area contributed by atoms with Crippen LogP contribution in [-0.2, 0) is 0 Å². The predicted molar refractivity (Wildman–Crippen MR) is 124 cm³/mol. The molecule has 28 heavy (non-hydrogen) atoms. The molecule has 0 N–H and O–H groups in total. The summed E-state index contributed by atoms with van der Waals surface area (Å²) >= 11 is 17.6. The Morgan fingerprint density at radius 2 is 0.607 bits per heavy atom. The molecule has 0 aliphatic heterocycles. The molecular formula is C22H12O2S4. The first-order chi connectivity index (χ1) is 13.3. The Kier molecular flexibility index (Phi) is 4.11. The number of hydrogen-bond acceptors (Lipinski definition) is 6. The summed E-state index contributed by atoms with van der Waals surface area (Å²) in [6, 6.07) is 14.5. The van der Waals surface area contributed by atoms with Gasteiger partial charge in [0.05, 0.1) is 0 Å². The summed E-state index contributed by atoms with van der Waals surface area (Å²) in [5, 5.41) is 3.40. The van der Waals surface area contributed by atoms with Crippen LogP contribution in [-0.4, -0.2) is 11.6 Å². The highest BCUT2D eigenvalue weighted by Crippen LogP contribution is 2.36. The van der Waals surface area contributed by atoms with E-state index < -0.39 is 0 Å². The minimum absolute atomic E-state index is 0.153. The molecule has 2 nitrogen and oxygen atoms in total. The minimum atomic E-state index is -0.153. The fourth-order valence-electron chi connectivity index (χ4n) is 3.69. The molecule has 1 aliphatic rings. The zero-order chi connectivity index (χ0) is 19.7. The maximum absolute atomic E-state index is 13.2. The van der Waals surface area contributed by atoms with Gasteiger partial charge in [0.25, 0.3) is 0 Å². The monoisotopic (exact) mass is 436 g/mol. The lowest BCUT2D eigenvalue weighted by Crippen LogP contribution is -2.21. The molecule has 0 saturated carbocycles. The van der Waals surface area contributed by atoms with Gasteiger partial charge in [-0.05, 0) is 70.1 Å². The SMILES string of the molecule is O=C1c2cc3cc(S)c(S)cc3cc2C(=O)c2cc3cc(S)c(S)cc3cc21. The molecule has 0 aromatic heterocycles. The van der Waals surface area contributed by atoms with E-state index in [2.05, 4.69) is 50.5 Å². The summed E-state index contributed by atoms with van der Waals surface area (Å²) in [4.78, 5) is 29.3. The van der Waals surface area contributed by atoms with Gasteiger partial charge in [0, 0.05) is 41.8 Å². The lowest BCUT2D eigenvalue weighted by molar-refractivity contribution is 0.0979. The van der Waals surface area contributed by atoms with Gasteiger partial charge in [0.15, 0.2) is 11.6 Å². The number of carbonyl (C=O) groups excluding carboxylic acids is 2. The Balaban J connectivity index is 1.80. The fourth-order valence-corrected chi connectivity index (χ4v) is 4.51. The van der Waals surface area contributed by atoms with Crippen LogP contribution in [0.25, 0.3) is 21.5 Å². The molecule has 0 atom stereocenters. The van der Waals surface area contributed by atoms with E-state index in [9.17, 15) is 9.59 Å². The third kappa shape index (κ3) is 2.63. The zero-order valence-corrected chi connectivity index (χ0v) is 17.8. The Bertz CT molecular complexity index is 1180. The summed E-state index contributed by atoms with van der Waals surface area (Å²) in [6.07, 6.45) is 0. The van der Waals surface area contributed by atoms with Gasteiger partial charge < -0.3 is 0 Å². The van der Waals surface area contributed by atoms with Crippen LogP contribution >= 0.6 is 50.5 Å². The number of benzene rings is 4. The van der Waals surface area contributed by atoms with Crippen molar-refractivity contribution in [3.05, 3.63) is 70.8 Å². The standard InChI is InChI=1S/C22H12O2S4/c23-21-13-1-9-5-17(25)18(26)6-10(9)2-14(13)22(24)16-4-12-8-20(28)19(27)7-11(12)3-15(16)21/h1-8,25-28H. The first kappa shape index (κ1) is 18.2. The number of ketones is 2. The normalized spacial score (nSPS) is 13.1. The molecular weight excluding hydrogens is 425 g/mol. The fraction of sp³-hybridized carbons (Fsp3) is 0.